The molecule has 0 aliphatic heterocycles. The standard InChI is InChI=1S/C10H19NO3S/c1-2-3-4-5-6-11-9(10(13)14)8(12)7-15/h9,11,15H,2-7H2,1H3,(H,13,14). The van der Waals surface area contributed by atoms with E-state index in [2.05, 4.69) is 24.9 Å². The van der Waals surface area contributed by atoms with Crippen molar-refractivity contribution in [2.45, 2.75) is 38.6 Å². The molecule has 88 valence electrons. The first-order chi connectivity index (χ1) is 7.13. The molecule has 0 aromatic rings. The SMILES string of the molecule is CCCCCCNC(C(=O)O)C(=O)CS. The Morgan fingerprint density at radius 3 is 2.47 bits per heavy atom. The zero-order chi connectivity index (χ0) is 11.7. The number of hydrogen-bond acceptors (Lipinski definition) is 4. The Kier molecular flexibility index (Phi) is 8.41. The summed E-state index contributed by atoms with van der Waals surface area (Å²) in [7, 11) is 0. The molecule has 0 saturated heterocycles. The smallest absolute Gasteiger partial charge is 0.328 e. The molecule has 0 amide bonds. The average Bonchev–Trinajstić information content (AvgIpc) is 2.22. The Hall–Kier alpha value is -0.550. The fraction of sp³-hybridized carbons (Fsp3) is 0.800. The number of Topliss-reactive ketones (excluding diaryl/α,β-unsaturated/α-hetero) is 1. The van der Waals surface area contributed by atoms with E-state index in [0.29, 0.717) is 6.54 Å². The molecule has 4 nitrogen and oxygen atoms in total. The van der Waals surface area contributed by atoms with E-state index in [4.69, 9.17) is 5.11 Å². The summed E-state index contributed by atoms with van der Waals surface area (Å²) < 4.78 is 0. The van der Waals surface area contributed by atoms with Gasteiger partial charge in [0.25, 0.3) is 0 Å². The highest BCUT2D eigenvalue weighted by Gasteiger charge is 2.23. The second kappa shape index (κ2) is 8.73. The lowest BCUT2D eigenvalue weighted by molar-refractivity contribution is -0.142. The summed E-state index contributed by atoms with van der Waals surface area (Å²) in [6.07, 6.45) is 4.24. The first-order valence-corrected chi connectivity index (χ1v) is 5.86. The minimum absolute atomic E-state index is 0.0427. The molecule has 0 radical (unpaired) electrons. The van der Waals surface area contributed by atoms with Crippen molar-refractivity contribution in [3.63, 3.8) is 0 Å². The minimum atomic E-state index is -1.12. The maximum Gasteiger partial charge on any atom is 0.328 e. The molecule has 0 aliphatic rings. The highest BCUT2D eigenvalue weighted by Crippen LogP contribution is 1.98. The molecule has 1 atom stereocenters. The van der Waals surface area contributed by atoms with Gasteiger partial charge in [-0.25, -0.2) is 0 Å². The van der Waals surface area contributed by atoms with Crippen LogP contribution >= 0.6 is 12.6 Å². The molecule has 0 rings (SSSR count). The van der Waals surface area contributed by atoms with Crippen molar-refractivity contribution in [2.75, 3.05) is 12.3 Å². The van der Waals surface area contributed by atoms with Crippen LogP contribution in [-0.2, 0) is 9.59 Å². The predicted octanol–water partition coefficient (Wildman–Crippen LogP) is 1.11. The zero-order valence-corrected chi connectivity index (χ0v) is 9.93. The highest BCUT2D eigenvalue weighted by molar-refractivity contribution is 7.81. The van der Waals surface area contributed by atoms with Crippen molar-refractivity contribution >= 4 is 24.4 Å². The van der Waals surface area contributed by atoms with Gasteiger partial charge in [0.15, 0.2) is 11.8 Å². The topological polar surface area (TPSA) is 66.4 Å². The minimum Gasteiger partial charge on any atom is -0.480 e. The summed E-state index contributed by atoms with van der Waals surface area (Å²) in [5, 5.41) is 11.5. The summed E-state index contributed by atoms with van der Waals surface area (Å²) >= 11 is 3.78. The van der Waals surface area contributed by atoms with Crippen LogP contribution < -0.4 is 5.32 Å². The van der Waals surface area contributed by atoms with Crippen LogP contribution in [-0.4, -0.2) is 35.2 Å². The third-order valence-electron chi connectivity index (χ3n) is 2.10. The number of carboxylic acid groups (broad SMARTS) is 1. The van der Waals surface area contributed by atoms with Gasteiger partial charge < -0.3 is 5.11 Å². The molecule has 15 heavy (non-hydrogen) atoms. The Bertz CT molecular complexity index is 209. The number of carbonyl (C=O) groups excluding carboxylic acids is 1. The molecule has 0 heterocycles. The van der Waals surface area contributed by atoms with Gasteiger partial charge in [0.2, 0.25) is 0 Å². The Balaban J connectivity index is 3.77. The zero-order valence-electron chi connectivity index (χ0n) is 9.03. The first kappa shape index (κ1) is 14.5. The van der Waals surface area contributed by atoms with Gasteiger partial charge in [0.1, 0.15) is 0 Å². The molecule has 2 N–H and O–H groups in total. The lowest BCUT2D eigenvalue weighted by Gasteiger charge is -2.11. The van der Waals surface area contributed by atoms with E-state index in [-0.39, 0.29) is 11.5 Å². The fourth-order valence-corrected chi connectivity index (χ4v) is 1.41. The number of nitrogens with one attached hydrogen (secondary N) is 1. The molecule has 0 spiro atoms. The number of carboxylic acids is 1. The molecule has 1 unspecified atom stereocenters. The summed E-state index contributed by atoms with van der Waals surface area (Å²) in [6.45, 7) is 2.67. The second-order valence-corrected chi connectivity index (χ2v) is 3.73. The molecule has 0 saturated carbocycles. The van der Waals surface area contributed by atoms with Gasteiger partial charge in [-0.15, -0.1) is 0 Å². The fourth-order valence-electron chi connectivity index (χ4n) is 1.23. The average molecular weight is 233 g/mol. The third-order valence-corrected chi connectivity index (χ3v) is 2.42. The van der Waals surface area contributed by atoms with E-state index in [1.807, 2.05) is 0 Å². The van der Waals surface area contributed by atoms with Crippen LogP contribution in [0, 0.1) is 0 Å². The molecular formula is C10H19NO3S. The number of unbranched alkanes of at least 4 members (excludes halogenated alkanes) is 3. The molecular weight excluding hydrogens is 214 g/mol. The Labute approximate surface area is 95.8 Å². The Morgan fingerprint density at radius 1 is 1.33 bits per heavy atom. The third kappa shape index (κ3) is 6.52. The van der Waals surface area contributed by atoms with E-state index in [9.17, 15) is 9.59 Å². The molecule has 0 fully saturated rings. The van der Waals surface area contributed by atoms with Crippen molar-refractivity contribution in [1.29, 1.82) is 0 Å². The van der Waals surface area contributed by atoms with Crippen LogP contribution in [0.5, 0.6) is 0 Å². The number of ketones is 1. The largest absolute Gasteiger partial charge is 0.480 e. The summed E-state index contributed by atoms with van der Waals surface area (Å²) in [4.78, 5) is 21.9. The van der Waals surface area contributed by atoms with E-state index in [1.165, 1.54) is 0 Å². The van der Waals surface area contributed by atoms with Crippen LogP contribution in [0.3, 0.4) is 0 Å². The Morgan fingerprint density at radius 2 is 2.00 bits per heavy atom. The predicted molar refractivity (Wildman–Crippen MR) is 62.4 cm³/mol. The van der Waals surface area contributed by atoms with Gasteiger partial charge in [-0.2, -0.15) is 12.6 Å². The molecule has 0 aromatic heterocycles. The van der Waals surface area contributed by atoms with Gasteiger partial charge in [0.05, 0.1) is 5.75 Å². The van der Waals surface area contributed by atoms with Gasteiger partial charge in [0, 0.05) is 0 Å². The van der Waals surface area contributed by atoms with Crippen LogP contribution in [0.4, 0.5) is 0 Å². The quantitative estimate of drug-likeness (QED) is 0.317. The first-order valence-electron chi connectivity index (χ1n) is 5.23. The van der Waals surface area contributed by atoms with Crippen molar-refractivity contribution < 1.29 is 14.7 Å². The number of carbonyl (C=O) groups is 2. The molecule has 0 bridgehead atoms. The van der Waals surface area contributed by atoms with Crippen LogP contribution in [0.25, 0.3) is 0 Å². The van der Waals surface area contributed by atoms with Gasteiger partial charge in [-0.1, -0.05) is 26.2 Å². The lowest BCUT2D eigenvalue weighted by Crippen LogP contribution is -2.44. The van der Waals surface area contributed by atoms with Crippen LogP contribution in [0.1, 0.15) is 32.6 Å². The number of thiol groups is 1. The summed E-state index contributed by atoms with van der Waals surface area (Å²) in [5.74, 6) is -1.55. The maximum absolute atomic E-state index is 11.2. The van der Waals surface area contributed by atoms with Gasteiger partial charge in [-0.3, -0.25) is 14.9 Å². The van der Waals surface area contributed by atoms with E-state index in [1.54, 1.807) is 0 Å². The normalized spacial score (nSPS) is 12.4. The number of aliphatic carboxylic acids is 1. The van der Waals surface area contributed by atoms with Crippen molar-refractivity contribution in [3.8, 4) is 0 Å². The number of rotatable bonds is 9. The lowest BCUT2D eigenvalue weighted by atomic mass is 10.1. The highest BCUT2D eigenvalue weighted by atomic mass is 32.1. The summed E-state index contributed by atoms with van der Waals surface area (Å²) in [5.41, 5.74) is 0. The summed E-state index contributed by atoms with van der Waals surface area (Å²) in [6, 6.07) is -1.09. The van der Waals surface area contributed by atoms with Crippen molar-refractivity contribution in [2.24, 2.45) is 0 Å². The van der Waals surface area contributed by atoms with E-state index < -0.39 is 12.0 Å². The molecule has 0 aromatic carbocycles. The van der Waals surface area contributed by atoms with Gasteiger partial charge in [-0.05, 0) is 13.0 Å². The molecule has 0 aliphatic carbocycles. The second-order valence-electron chi connectivity index (χ2n) is 3.41. The number of hydrogen-bond donors (Lipinski definition) is 3. The van der Waals surface area contributed by atoms with Gasteiger partial charge >= 0.3 is 5.97 Å². The maximum atomic E-state index is 11.2. The van der Waals surface area contributed by atoms with E-state index >= 15 is 0 Å². The monoisotopic (exact) mass is 233 g/mol. The van der Waals surface area contributed by atoms with Crippen molar-refractivity contribution in [3.05, 3.63) is 0 Å². The van der Waals surface area contributed by atoms with Crippen LogP contribution in [0.15, 0.2) is 0 Å². The van der Waals surface area contributed by atoms with Crippen molar-refractivity contribution in [1.82, 2.24) is 5.32 Å². The van der Waals surface area contributed by atoms with E-state index in [0.717, 1.165) is 25.7 Å². The molecule has 5 heteroatoms. The van der Waals surface area contributed by atoms with Crippen LogP contribution in [0.2, 0.25) is 0 Å².